The molecule has 1 nitrogen and oxygen atoms in total. The van der Waals surface area contributed by atoms with Crippen molar-refractivity contribution in [3.05, 3.63) is 0 Å². The van der Waals surface area contributed by atoms with Crippen molar-refractivity contribution in [3.63, 3.8) is 0 Å². The van der Waals surface area contributed by atoms with E-state index in [9.17, 15) is 0 Å². The Morgan fingerprint density at radius 3 is 2.62 bits per heavy atom. The van der Waals surface area contributed by atoms with Crippen LogP contribution in [0.4, 0.5) is 0 Å². The molecule has 13 heavy (non-hydrogen) atoms. The monoisotopic (exact) mass is 179 g/mol. The van der Waals surface area contributed by atoms with Crippen molar-refractivity contribution >= 4 is 0 Å². The van der Waals surface area contributed by atoms with Crippen molar-refractivity contribution in [2.45, 2.75) is 45.6 Å². The number of nitrogens with one attached hydrogen (secondary N) is 1. The molecule has 2 atom stereocenters. The summed E-state index contributed by atoms with van der Waals surface area (Å²) in [5.74, 6) is 7.92. The fourth-order valence-electron chi connectivity index (χ4n) is 1.97. The van der Waals surface area contributed by atoms with E-state index in [2.05, 4.69) is 31.1 Å². The quantitative estimate of drug-likeness (QED) is 0.639. The lowest BCUT2D eigenvalue weighted by molar-refractivity contribution is 0.345. The Bertz CT molecular complexity index is 195. The lowest BCUT2D eigenvalue weighted by Crippen LogP contribution is -2.33. The fraction of sp³-hybridized carbons (Fsp3) is 0.833. The molecule has 1 N–H and O–H groups in total. The predicted octanol–water partition coefficient (Wildman–Crippen LogP) is 2.42. The highest BCUT2D eigenvalue weighted by Gasteiger charge is 2.32. The molecule has 1 saturated carbocycles. The molecule has 0 aliphatic heterocycles. The van der Waals surface area contributed by atoms with E-state index in [0.29, 0.717) is 6.04 Å². The highest BCUT2D eigenvalue weighted by molar-refractivity contribution is 4.96. The molecule has 1 heteroatoms. The summed E-state index contributed by atoms with van der Waals surface area (Å²) < 4.78 is 0. The van der Waals surface area contributed by atoms with Crippen LogP contribution in [0.3, 0.4) is 0 Å². The first-order chi connectivity index (χ1) is 6.29. The Labute approximate surface area is 82.3 Å². The van der Waals surface area contributed by atoms with E-state index in [-0.39, 0.29) is 0 Å². The van der Waals surface area contributed by atoms with Gasteiger partial charge in [0.05, 0.1) is 0 Å². The summed E-state index contributed by atoms with van der Waals surface area (Å²) in [5, 5.41) is 3.41. The maximum absolute atomic E-state index is 3.41. The fourth-order valence-corrected chi connectivity index (χ4v) is 1.97. The molecule has 2 unspecified atom stereocenters. The molecule has 1 rings (SSSR count). The van der Waals surface area contributed by atoms with Crippen LogP contribution in [0.5, 0.6) is 0 Å². The van der Waals surface area contributed by atoms with Crippen LogP contribution in [0.15, 0.2) is 0 Å². The van der Waals surface area contributed by atoms with Crippen LogP contribution in [0.1, 0.15) is 39.5 Å². The molecule has 0 radical (unpaired) electrons. The van der Waals surface area contributed by atoms with Gasteiger partial charge in [0.1, 0.15) is 0 Å². The SMILES string of the molecule is CC#CCCC(NC)C(C)C1CC1. The maximum atomic E-state index is 3.41. The van der Waals surface area contributed by atoms with Crippen LogP contribution in [-0.2, 0) is 0 Å². The molecule has 0 heterocycles. The first-order valence-electron chi connectivity index (χ1n) is 5.36. The van der Waals surface area contributed by atoms with Gasteiger partial charge in [-0.15, -0.1) is 11.8 Å². The standard InChI is InChI=1S/C12H21N/c1-4-5-6-7-12(13-3)10(2)11-8-9-11/h10-13H,6-9H2,1-3H3. The molecule has 0 saturated heterocycles. The van der Waals surface area contributed by atoms with Crippen molar-refractivity contribution in [3.8, 4) is 11.8 Å². The smallest absolute Gasteiger partial charge is 0.0103 e. The summed E-state index contributed by atoms with van der Waals surface area (Å²) in [6, 6.07) is 0.674. The second kappa shape index (κ2) is 5.29. The third kappa shape index (κ3) is 3.40. The van der Waals surface area contributed by atoms with Gasteiger partial charge in [-0.2, -0.15) is 0 Å². The normalized spacial score (nSPS) is 20.2. The van der Waals surface area contributed by atoms with E-state index in [0.717, 1.165) is 18.3 Å². The minimum absolute atomic E-state index is 0.674. The van der Waals surface area contributed by atoms with E-state index >= 15 is 0 Å². The van der Waals surface area contributed by atoms with Crippen molar-refractivity contribution < 1.29 is 0 Å². The average molecular weight is 179 g/mol. The average Bonchev–Trinajstić information content (AvgIpc) is 2.94. The molecule has 1 aliphatic carbocycles. The largest absolute Gasteiger partial charge is 0.317 e. The van der Waals surface area contributed by atoms with Crippen LogP contribution in [0.2, 0.25) is 0 Å². The van der Waals surface area contributed by atoms with E-state index < -0.39 is 0 Å². The van der Waals surface area contributed by atoms with Crippen LogP contribution in [0.25, 0.3) is 0 Å². The van der Waals surface area contributed by atoms with Gasteiger partial charge in [0.25, 0.3) is 0 Å². The third-order valence-electron chi connectivity index (χ3n) is 3.13. The Balaban J connectivity index is 2.26. The molecule has 0 aromatic carbocycles. The van der Waals surface area contributed by atoms with Gasteiger partial charge in [0.15, 0.2) is 0 Å². The summed E-state index contributed by atoms with van der Waals surface area (Å²) in [6.45, 7) is 4.29. The molecule has 1 aliphatic rings. The molecule has 0 aromatic rings. The van der Waals surface area contributed by atoms with Gasteiger partial charge in [-0.3, -0.25) is 0 Å². The molecule has 1 fully saturated rings. The molecular weight excluding hydrogens is 158 g/mol. The highest BCUT2D eigenvalue weighted by atomic mass is 14.9. The van der Waals surface area contributed by atoms with Gasteiger partial charge in [0, 0.05) is 12.5 Å². The Kier molecular flexibility index (Phi) is 4.32. The van der Waals surface area contributed by atoms with E-state index in [1.54, 1.807) is 0 Å². The van der Waals surface area contributed by atoms with Crippen LogP contribution >= 0.6 is 0 Å². The zero-order valence-electron chi connectivity index (χ0n) is 9.06. The number of rotatable bonds is 5. The second-order valence-corrected chi connectivity index (χ2v) is 4.06. The third-order valence-corrected chi connectivity index (χ3v) is 3.13. The lowest BCUT2D eigenvalue weighted by atomic mass is 9.93. The molecule has 0 aromatic heterocycles. The van der Waals surface area contributed by atoms with Gasteiger partial charge < -0.3 is 5.32 Å². The van der Waals surface area contributed by atoms with Crippen molar-refractivity contribution in [2.75, 3.05) is 7.05 Å². The van der Waals surface area contributed by atoms with E-state index in [4.69, 9.17) is 0 Å². The minimum atomic E-state index is 0.674. The van der Waals surface area contributed by atoms with Crippen LogP contribution in [0, 0.1) is 23.7 Å². The van der Waals surface area contributed by atoms with E-state index in [1.165, 1.54) is 19.3 Å². The predicted molar refractivity (Wildman–Crippen MR) is 57.4 cm³/mol. The zero-order chi connectivity index (χ0) is 9.68. The van der Waals surface area contributed by atoms with Crippen molar-refractivity contribution in [2.24, 2.45) is 11.8 Å². The van der Waals surface area contributed by atoms with E-state index in [1.807, 2.05) is 6.92 Å². The Hall–Kier alpha value is -0.480. The number of hydrogen-bond donors (Lipinski definition) is 1. The van der Waals surface area contributed by atoms with Gasteiger partial charge >= 0.3 is 0 Å². The summed E-state index contributed by atoms with van der Waals surface area (Å²) in [4.78, 5) is 0. The Morgan fingerprint density at radius 2 is 2.15 bits per heavy atom. The molecule has 0 amide bonds. The maximum Gasteiger partial charge on any atom is 0.0103 e. The van der Waals surface area contributed by atoms with Gasteiger partial charge in [-0.1, -0.05) is 6.92 Å². The lowest BCUT2D eigenvalue weighted by Gasteiger charge is -2.22. The van der Waals surface area contributed by atoms with Crippen molar-refractivity contribution in [1.82, 2.24) is 5.32 Å². The minimum Gasteiger partial charge on any atom is -0.317 e. The summed E-state index contributed by atoms with van der Waals surface area (Å²) in [5.41, 5.74) is 0. The van der Waals surface area contributed by atoms with Gasteiger partial charge in [-0.25, -0.2) is 0 Å². The summed E-state index contributed by atoms with van der Waals surface area (Å²) >= 11 is 0. The van der Waals surface area contributed by atoms with Gasteiger partial charge in [-0.05, 0) is 45.1 Å². The molecular formula is C12H21N. The first kappa shape index (κ1) is 10.6. The number of hydrogen-bond acceptors (Lipinski definition) is 1. The molecule has 0 spiro atoms. The Morgan fingerprint density at radius 1 is 1.46 bits per heavy atom. The summed E-state index contributed by atoms with van der Waals surface area (Å²) in [7, 11) is 2.07. The van der Waals surface area contributed by atoms with Crippen LogP contribution in [-0.4, -0.2) is 13.1 Å². The topological polar surface area (TPSA) is 12.0 Å². The second-order valence-electron chi connectivity index (χ2n) is 4.06. The van der Waals surface area contributed by atoms with Crippen LogP contribution < -0.4 is 5.32 Å². The van der Waals surface area contributed by atoms with Gasteiger partial charge in [0.2, 0.25) is 0 Å². The molecule has 74 valence electrons. The first-order valence-corrected chi connectivity index (χ1v) is 5.36. The zero-order valence-corrected chi connectivity index (χ0v) is 9.06. The highest BCUT2D eigenvalue weighted by Crippen LogP contribution is 2.38. The molecule has 0 bridgehead atoms. The van der Waals surface area contributed by atoms with Crippen molar-refractivity contribution in [1.29, 1.82) is 0 Å². The summed E-state index contributed by atoms with van der Waals surface area (Å²) in [6.07, 6.45) is 5.13.